The summed E-state index contributed by atoms with van der Waals surface area (Å²) in [6, 6.07) is 8.61. The minimum atomic E-state index is -0.988. The van der Waals surface area contributed by atoms with E-state index in [9.17, 15) is 9.59 Å². The molecule has 3 rings (SSSR count). The van der Waals surface area contributed by atoms with Crippen LogP contribution >= 0.6 is 0 Å². The van der Waals surface area contributed by atoms with Crippen LogP contribution in [0.2, 0.25) is 0 Å². The van der Waals surface area contributed by atoms with Gasteiger partial charge in [-0.1, -0.05) is 18.9 Å². The summed E-state index contributed by atoms with van der Waals surface area (Å²) in [6.07, 6.45) is 2.69. The number of ether oxygens (including phenoxy) is 1. The van der Waals surface area contributed by atoms with Crippen LogP contribution in [0.3, 0.4) is 0 Å². The highest BCUT2D eigenvalue weighted by molar-refractivity contribution is 6.01. The molecular formula is C20H24N4O3. The number of rotatable bonds is 7. The van der Waals surface area contributed by atoms with Crippen molar-refractivity contribution in [3.63, 3.8) is 0 Å². The number of fused-ring (bicyclic) bond motifs is 1. The van der Waals surface area contributed by atoms with Gasteiger partial charge in [-0.05, 0) is 44.4 Å². The quantitative estimate of drug-likeness (QED) is 0.698. The van der Waals surface area contributed by atoms with Crippen LogP contribution in [0.5, 0.6) is 5.75 Å². The lowest BCUT2D eigenvalue weighted by atomic mass is 10.0. The predicted molar refractivity (Wildman–Crippen MR) is 101 cm³/mol. The van der Waals surface area contributed by atoms with E-state index in [1.54, 1.807) is 27.0 Å². The number of methoxy groups -OCH3 is 1. The van der Waals surface area contributed by atoms with Gasteiger partial charge in [0.25, 0.3) is 5.91 Å². The van der Waals surface area contributed by atoms with Crippen molar-refractivity contribution in [1.82, 2.24) is 15.6 Å². The van der Waals surface area contributed by atoms with Gasteiger partial charge in [0, 0.05) is 10.9 Å². The third kappa shape index (κ3) is 4.40. The van der Waals surface area contributed by atoms with Gasteiger partial charge in [-0.2, -0.15) is 5.26 Å². The summed E-state index contributed by atoms with van der Waals surface area (Å²) in [4.78, 5) is 28.4. The molecule has 1 fully saturated rings. The van der Waals surface area contributed by atoms with Crippen molar-refractivity contribution in [1.29, 1.82) is 5.26 Å². The minimum Gasteiger partial charge on any atom is -0.496 e. The minimum absolute atomic E-state index is 0.338. The SMILES string of the molecule is COc1cccc2[nH]c(C(=O)N[C@@H](CC3CC3)C(=O)NC(C)(C)C#N)cc12. The highest BCUT2D eigenvalue weighted by Gasteiger charge is 2.33. The summed E-state index contributed by atoms with van der Waals surface area (Å²) in [5.74, 6) is 0.416. The molecule has 0 aliphatic heterocycles. The fourth-order valence-electron chi connectivity index (χ4n) is 3.01. The van der Waals surface area contributed by atoms with Crippen LogP contribution in [0.25, 0.3) is 10.9 Å². The molecule has 1 aliphatic carbocycles. The number of nitrogens with one attached hydrogen (secondary N) is 3. The zero-order valence-corrected chi connectivity index (χ0v) is 15.8. The van der Waals surface area contributed by atoms with Crippen LogP contribution in [0, 0.1) is 17.2 Å². The molecule has 1 saturated carbocycles. The Labute approximate surface area is 158 Å². The number of aromatic nitrogens is 1. The Bertz CT molecular complexity index is 906. The van der Waals surface area contributed by atoms with Gasteiger partial charge in [0.2, 0.25) is 5.91 Å². The number of benzene rings is 1. The molecule has 7 nitrogen and oxygen atoms in total. The first-order valence-corrected chi connectivity index (χ1v) is 9.03. The Kier molecular flexibility index (Phi) is 5.08. The van der Waals surface area contributed by atoms with E-state index in [1.807, 2.05) is 24.3 Å². The number of hydrogen-bond acceptors (Lipinski definition) is 4. The first-order valence-electron chi connectivity index (χ1n) is 9.03. The van der Waals surface area contributed by atoms with Crippen molar-refractivity contribution in [2.24, 2.45) is 5.92 Å². The van der Waals surface area contributed by atoms with Crippen molar-refractivity contribution in [3.8, 4) is 11.8 Å². The van der Waals surface area contributed by atoms with Crippen molar-refractivity contribution in [3.05, 3.63) is 30.0 Å². The lowest BCUT2D eigenvalue weighted by Gasteiger charge is -2.23. The molecule has 0 saturated heterocycles. The average Bonchev–Trinajstić information content (AvgIpc) is 3.34. The molecule has 0 unspecified atom stereocenters. The summed E-state index contributed by atoms with van der Waals surface area (Å²) < 4.78 is 5.32. The number of carbonyl (C=O) groups excluding carboxylic acids is 2. The summed E-state index contributed by atoms with van der Waals surface area (Å²) >= 11 is 0. The van der Waals surface area contributed by atoms with Crippen molar-refractivity contribution in [2.75, 3.05) is 7.11 Å². The lowest BCUT2D eigenvalue weighted by molar-refractivity contribution is -0.124. The van der Waals surface area contributed by atoms with Crippen LogP contribution in [0.15, 0.2) is 24.3 Å². The third-order valence-corrected chi connectivity index (χ3v) is 4.69. The number of H-pyrrole nitrogens is 1. The van der Waals surface area contributed by atoms with Gasteiger partial charge >= 0.3 is 0 Å². The molecule has 0 spiro atoms. The Balaban J connectivity index is 1.78. The highest BCUT2D eigenvalue weighted by Crippen LogP contribution is 2.34. The Morgan fingerprint density at radius 1 is 1.41 bits per heavy atom. The molecule has 2 amide bonds. The summed E-state index contributed by atoms with van der Waals surface area (Å²) in [5, 5.41) is 15.5. The molecule has 1 heterocycles. The van der Waals surface area contributed by atoms with Gasteiger partial charge in [-0.3, -0.25) is 9.59 Å². The van der Waals surface area contributed by atoms with E-state index in [0.29, 0.717) is 23.8 Å². The molecule has 7 heteroatoms. The van der Waals surface area contributed by atoms with Gasteiger partial charge in [-0.15, -0.1) is 0 Å². The molecule has 1 aliphatic rings. The van der Waals surface area contributed by atoms with E-state index in [1.165, 1.54) is 0 Å². The second-order valence-corrected chi connectivity index (χ2v) is 7.54. The number of amides is 2. The summed E-state index contributed by atoms with van der Waals surface area (Å²) in [7, 11) is 1.58. The lowest BCUT2D eigenvalue weighted by Crippen LogP contribution is -2.53. The molecule has 2 aromatic rings. The van der Waals surface area contributed by atoms with E-state index in [0.717, 1.165) is 23.7 Å². The van der Waals surface area contributed by atoms with Gasteiger partial charge in [0.1, 0.15) is 23.0 Å². The van der Waals surface area contributed by atoms with E-state index in [4.69, 9.17) is 10.00 Å². The maximum absolute atomic E-state index is 12.7. The second kappa shape index (κ2) is 7.31. The van der Waals surface area contributed by atoms with Crippen molar-refractivity contribution < 1.29 is 14.3 Å². The largest absolute Gasteiger partial charge is 0.496 e. The van der Waals surface area contributed by atoms with Crippen molar-refractivity contribution >= 4 is 22.7 Å². The first kappa shape index (κ1) is 18.8. The molecule has 1 atom stereocenters. The Hall–Kier alpha value is -3.01. The molecule has 1 aromatic heterocycles. The van der Waals surface area contributed by atoms with Gasteiger partial charge in [0.15, 0.2) is 0 Å². The maximum Gasteiger partial charge on any atom is 0.268 e. The number of nitrogens with zero attached hydrogens (tertiary/aromatic N) is 1. The van der Waals surface area contributed by atoms with Crippen LogP contribution in [0.4, 0.5) is 0 Å². The standard InChI is InChI=1S/C20H24N4O3/c1-20(2,11-21)24-19(26)15(9-12-7-8-12)23-18(25)16-10-13-14(22-16)5-4-6-17(13)27-3/h4-6,10,12,15,22H,7-9H2,1-3H3,(H,23,25)(H,24,26)/t15-/m0/s1. The maximum atomic E-state index is 12.7. The second-order valence-electron chi connectivity index (χ2n) is 7.54. The van der Waals surface area contributed by atoms with E-state index < -0.39 is 11.6 Å². The molecular weight excluding hydrogens is 344 g/mol. The van der Waals surface area contributed by atoms with Gasteiger partial charge < -0.3 is 20.4 Å². The van der Waals surface area contributed by atoms with Crippen LogP contribution in [0.1, 0.15) is 43.6 Å². The Morgan fingerprint density at radius 3 is 2.78 bits per heavy atom. The molecule has 0 radical (unpaired) electrons. The van der Waals surface area contributed by atoms with Crippen LogP contribution in [-0.2, 0) is 4.79 Å². The zero-order valence-electron chi connectivity index (χ0n) is 15.8. The van der Waals surface area contributed by atoms with Gasteiger partial charge in [-0.25, -0.2) is 0 Å². The first-order chi connectivity index (χ1) is 12.8. The normalized spacial score (nSPS) is 15.0. The van der Waals surface area contributed by atoms with Gasteiger partial charge in [0.05, 0.1) is 13.2 Å². The van der Waals surface area contributed by atoms with E-state index in [2.05, 4.69) is 15.6 Å². The fraction of sp³-hybridized carbons (Fsp3) is 0.450. The van der Waals surface area contributed by atoms with E-state index in [-0.39, 0.29) is 11.8 Å². The smallest absolute Gasteiger partial charge is 0.268 e. The topological polar surface area (TPSA) is 107 Å². The number of aromatic amines is 1. The zero-order chi connectivity index (χ0) is 19.6. The molecule has 3 N–H and O–H groups in total. The molecule has 142 valence electrons. The fourth-order valence-corrected chi connectivity index (χ4v) is 3.01. The number of carbonyl (C=O) groups is 2. The highest BCUT2D eigenvalue weighted by atomic mass is 16.5. The molecule has 27 heavy (non-hydrogen) atoms. The van der Waals surface area contributed by atoms with Crippen LogP contribution < -0.4 is 15.4 Å². The third-order valence-electron chi connectivity index (χ3n) is 4.69. The summed E-state index contributed by atoms with van der Waals surface area (Å²) in [5.41, 5.74) is 0.161. The Morgan fingerprint density at radius 2 is 2.15 bits per heavy atom. The monoisotopic (exact) mass is 368 g/mol. The van der Waals surface area contributed by atoms with Crippen molar-refractivity contribution in [2.45, 2.75) is 44.7 Å². The van der Waals surface area contributed by atoms with Crippen LogP contribution in [-0.4, -0.2) is 35.5 Å². The van der Waals surface area contributed by atoms with E-state index >= 15 is 0 Å². The number of nitriles is 1. The predicted octanol–water partition coefficient (Wildman–Crippen LogP) is 2.49. The average molecular weight is 368 g/mol. The molecule has 0 bridgehead atoms. The summed E-state index contributed by atoms with van der Waals surface area (Å²) in [6.45, 7) is 3.26. The number of hydrogen-bond donors (Lipinski definition) is 3. The molecule has 1 aromatic carbocycles.